The van der Waals surface area contributed by atoms with Gasteiger partial charge in [-0.05, 0) is 104 Å². The summed E-state index contributed by atoms with van der Waals surface area (Å²) in [4.78, 5) is 12.3. The van der Waals surface area contributed by atoms with Crippen molar-refractivity contribution >= 4 is 5.78 Å². The molecular formula is C27H46O3. The summed E-state index contributed by atoms with van der Waals surface area (Å²) in [6.45, 7) is 9.25. The zero-order valence-corrected chi connectivity index (χ0v) is 19.9. The largest absolute Gasteiger partial charge is 0.368 e. The summed E-state index contributed by atoms with van der Waals surface area (Å²) >= 11 is 0. The summed E-state index contributed by atoms with van der Waals surface area (Å²) in [7, 11) is 0. The normalized spacial score (nSPS) is 45.4. The molecule has 3 nitrogen and oxygen atoms in total. The Labute approximate surface area is 184 Å². The Morgan fingerprint density at radius 3 is 2.37 bits per heavy atom. The van der Waals surface area contributed by atoms with Crippen molar-refractivity contribution in [1.82, 2.24) is 0 Å². The van der Waals surface area contributed by atoms with E-state index in [1.165, 1.54) is 64.2 Å². The van der Waals surface area contributed by atoms with Crippen molar-refractivity contribution in [3.63, 3.8) is 0 Å². The Kier molecular flexibility index (Phi) is 6.45. The number of carbonyl (C=O) groups excluding carboxylic acids is 1. The molecule has 30 heavy (non-hydrogen) atoms. The van der Waals surface area contributed by atoms with Crippen molar-refractivity contribution in [3.05, 3.63) is 0 Å². The summed E-state index contributed by atoms with van der Waals surface area (Å²) < 4.78 is 0. The van der Waals surface area contributed by atoms with Gasteiger partial charge in [0.1, 0.15) is 5.78 Å². The highest BCUT2D eigenvalue weighted by Crippen LogP contribution is 2.68. The molecule has 4 rings (SSSR count). The molecule has 0 bridgehead atoms. The summed E-state index contributed by atoms with van der Waals surface area (Å²) in [6.07, 6.45) is 14.2. The van der Waals surface area contributed by atoms with Gasteiger partial charge in [0.2, 0.25) is 0 Å². The predicted molar refractivity (Wildman–Crippen MR) is 121 cm³/mol. The van der Waals surface area contributed by atoms with E-state index in [0.29, 0.717) is 23.2 Å². The number of fused-ring (bicyclic) bond motifs is 5. The van der Waals surface area contributed by atoms with E-state index in [0.717, 1.165) is 36.0 Å². The Morgan fingerprint density at radius 2 is 1.63 bits per heavy atom. The molecule has 4 saturated carbocycles. The molecule has 4 fully saturated rings. The average Bonchev–Trinajstić information content (AvgIpc) is 3.07. The Hall–Kier alpha value is -0.410. The van der Waals surface area contributed by atoms with Crippen molar-refractivity contribution in [2.45, 2.75) is 111 Å². The Morgan fingerprint density at radius 1 is 0.900 bits per heavy atom. The fourth-order valence-electron chi connectivity index (χ4n) is 9.24. The summed E-state index contributed by atoms with van der Waals surface area (Å²) in [5.41, 5.74) is 1.06. The van der Waals surface area contributed by atoms with Crippen LogP contribution in [0, 0.1) is 52.3 Å². The van der Waals surface area contributed by atoms with Crippen LogP contribution in [-0.2, 0) is 4.79 Å². The fraction of sp³-hybridized carbons (Fsp3) is 0.963. The first-order chi connectivity index (χ1) is 14.2. The first-order valence-corrected chi connectivity index (χ1v) is 13.1. The maximum atomic E-state index is 12.3. The second-order valence-corrected chi connectivity index (χ2v) is 12.3. The van der Waals surface area contributed by atoms with Crippen LogP contribution in [0.1, 0.15) is 105 Å². The van der Waals surface area contributed by atoms with E-state index < -0.39 is 12.2 Å². The number of ketones is 1. The summed E-state index contributed by atoms with van der Waals surface area (Å²) in [5.74, 6) is 4.38. The molecule has 172 valence electrons. The second-order valence-electron chi connectivity index (χ2n) is 12.3. The van der Waals surface area contributed by atoms with Gasteiger partial charge in [-0.3, -0.25) is 4.79 Å². The highest BCUT2D eigenvalue weighted by atomic mass is 16.5. The van der Waals surface area contributed by atoms with Crippen molar-refractivity contribution in [2.75, 3.05) is 0 Å². The van der Waals surface area contributed by atoms with Gasteiger partial charge in [0, 0.05) is 6.42 Å². The summed E-state index contributed by atoms with van der Waals surface area (Å²) in [5, 5.41) is 18.6. The van der Waals surface area contributed by atoms with Gasteiger partial charge in [0.05, 0.1) is 5.92 Å². The molecule has 0 heterocycles. The van der Waals surface area contributed by atoms with Crippen molar-refractivity contribution in [3.8, 4) is 0 Å². The molecule has 2 N–H and O–H groups in total. The lowest BCUT2D eigenvalue weighted by atomic mass is 9.44. The third-order valence-corrected chi connectivity index (χ3v) is 11.1. The zero-order chi connectivity index (χ0) is 21.7. The maximum Gasteiger partial charge on any atom is 0.160 e. The zero-order valence-electron chi connectivity index (χ0n) is 19.9. The van der Waals surface area contributed by atoms with E-state index in [4.69, 9.17) is 0 Å². The molecule has 3 heteroatoms. The van der Waals surface area contributed by atoms with Gasteiger partial charge in [0.15, 0.2) is 6.29 Å². The molecule has 0 radical (unpaired) electrons. The molecule has 2 unspecified atom stereocenters. The van der Waals surface area contributed by atoms with E-state index >= 15 is 0 Å². The highest BCUT2D eigenvalue weighted by molar-refractivity contribution is 5.80. The molecule has 0 aromatic rings. The lowest BCUT2D eigenvalue weighted by Gasteiger charge is -2.61. The van der Waals surface area contributed by atoms with Crippen LogP contribution in [0.5, 0.6) is 0 Å². The number of carbonyl (C=O) groups is 1. The smallest absolute Gasteiger partial charge is 0.160 e. The van der Waals surface area contributed by atoms with Gasteiger partial charge in [-0.25, -0.2) is 0 Å². The van der Waals surface area contributed by atoms with Crippen LogP contribution < -0.4 is 0 Å². The maximum absolute atomic E-state index is 12.3. The Balaban J connectivity index is 1.43. The number of rotatable bonds is 6. The quantitative estimate of drug-likeness (QED) is 0.523. The van der Waals surface area contributed by atoms with Gasteiger partial charge in [-0.15, -0.1) is 0 Å². The van der Waals surface area contributed by atoms with E-state index in [-0.39, 0.29) is 5.78 Å². The molecule has 4 aliphatic carbocycles. The van der Waals surface area contributed by atoms with Crippen LogP contribution >= 0.6 is 0 Å². The minimum absolute atomic E-state index is 0.00352. The molecule has 0 spiro atoms. The number of hydrogen-bond acceptors (Lipinski definition) is 3. The van der Waals surface area contributed by atoms with E-state index in [2.05, 4.69) is 20.8 Å². The van der Waals surface area contributed by atoms with Crippen molar-refractivity contribution < 1.29 is 15.0 Å². The second kappa shape index (κ2) is 8.50. The van der Waals surface area contributed by atoms with E-state index in [1.54, 1.807) is 6.92 Å². The van der Waals surface area contributed by atoms with E-state index in [9.17, 15) is 15.0 Å². The van der Waals surface area contributed by atoms with Gasteiger partial charge < -0.3 is 10.2 Å². The number of Topliss-reactive ketones (excluding diaryl/α,β-unsaturated/α-hetero) is 1. The SMILES string of the molecule is CC(C(=O)CC[C@@H](C)[C@H]1CC[C@H]2[C@@H]3CCC4CCCC[C@]4(C)[C@H]3CC[C@]12C)C(O)O. The molecule has 4 aliphatic rings. The third kappa shape index (κ3) is 3.70. The molecule has 0 aromatic carbocycles. The summed E-state index contributed by atoms with van der Waals surface area (Å²) in [6, 6.07) is 0. The minimum Gasteiger partial charge on any atom is -0.368 e. The molecule has 0 aliphatic heterocycles. The molecule has 0 aromatic heterocycles. The van der Waals surface area contributed by atoms with Crippen LogP contribution in [0.2, 0.25) is 0 Å². The molecular weight excluding hydrogens is 372 g/mol. The molecule has 0 amide bonds. The van der Waals surface area contributed by atoms with Crippen LogP contribution in [0.15, 0.2) is 0 Å². The van der Waals surface area contributed by atoms with Crippen molar-refractivity contribution in [1.29, 1.82) is 0 Å². The lowest BCUT2D eigenvalue weighted by Crippen LogP contribution is -2.53. The average molecular weight is 419 g/mol. The van der Waals surface area contributed by atoms with Crippen molar-refractivity contribution in [2.24, 2.45) is 52.3 Å². The standard InChI is InChI=1S/C27H46O3/c1-17(8-13-24(28)18(2)25(29)30)21-11-12-22-20-10-9-19-7-5-6-15-26(19,3)23(20)14-16-27(21,22)4/h17-23,25,29-30H,5-16H2,1-4H3/t17-,18?,19?,20+,21-,22+,23+,26+,27-/m1/s1. The monoisotopic (exact) mass is 418 g/mol. The highest BCUT2D eigenvalue weighted by Gasteiger charge is 2.60. The number of aliphatic hydroxyl groups excluding tert-OH is 1. The first-order valence-electron chi connectivity index (χ1n) is 13.1. The third-order valence-electron chi connectivity index (χ3n) is 11.1. The lowest BCUT2D eigenvalue weighted by molar-refractivity contribution is -0.138. The van der Waals surface area contributed by atoms with Gasteiger partial charge >= 0.3 is 0 Å². The topological polar surface area (TPSA) is 57.5 Å². The minimum atomic E-state index is -1.52. The predicted octanol–water partition coefficient (Wildman–Crippen LogP) is 5.97. The molecule has 9 atom stereocenters. The van der Waals surface area contributed by atoms with Gasteiger partial charge in [0.25, 0.3) is 0 Å². The van der Waals surface area contributed by atoms with Crippen LogP contribution in [0.25, 0.3) is 0 Å². The fourth-order valence-corrected chi connectivity index (χ4v) is 9.24. The van der Waals surface area contributed by atoms with Crippen LogP contribution in [-0.4, -0.2) is 22.3 Å². The first kappa shape index (κ1) is 22.8. The van der Waals surface area contributed by atoms with E-state index in [1.807, 2.05) is 0 Å². The number of aliphatic hydroxyl groups is 2. The Bertz CT molecular complexity index is 630. The molecule has 0 saturated heterocycles. The van der Waals surface area contributed by atoms with Crippen LogP contribution in [0.3, 0.4) is 0 Å². The number of hydrogen-bond donors (Lipinski definition) is 2. The van der Waals surface area contributed by atoms with Crippen LogP contribution in [0.4, 0.5) is 0 Å². The van der Waals surface area contributed by atoms with Gasteiger partial charge in [-0.2, -0.15) is 0 Å². The van der Waals surface area contributed by atoms with Gasteiger partial charge in [-0.1, -0.05) is 40.5 Å².